The van der Waals surface area contributed by atoms with Gasteiger partial charge in [-0.2, -0.15) is 0 Å². The maximum atomic E-state index is 2.42. The van der Waals surface area contributed by atoms with Crippen molar-refractivity contribution >= 4 is 0 Å². The summed E-state index contributed by atoms with van der Waals surface area (Å²) < 4.78 is 0. The normalized spacial score (nSPS) is 15.0. The molecule has 128 valence electrons. The van der Waals surface area contributed by atoms with E-state index in [1.54, 1.807) is 11.1 Å². The van der Waals surface area contributed by atoms with Gasteiger partial charge in [-0.15, -0.1) is 0 Å². The third kappa shape index (κ3) is 3.04. The number of rotatable bonds is 6. The summed E-state index contributed by atoms with van der Waals surface area (Å²) in [4.78, 5) is 0. The summed E-state index contributed by atoms with van der Waals surface area (Å²) in [6.45, 7) is 11.6. The average Bonchev–Trinajstić information content (AvgIpc) is 2.81. The van der Waals surface area contributed by atoms with Gasteiger partial charge in [0.1, 0.15) is 0 Å². The zero-order valence-corrected chi connectivity index (χ0v) is 16.0. The van der Waals surface area contributed by atoms with Crippen molar-refractivity contribution in [2.24, 2.45) is 11.8 Å². The Kier molecular flexibility index (Phi) is 4.85. The summed E-state index contributed by atoms with van der Waals surface area (Å²) in [5, 5.41) is 0. The largest absolute Gasteiger partial charge is 0.0628 e. The van der Waals surface area contributed by atoms with Gasteiger partial charge < -0.3 is 0 Å². The molecule has 0 heterocycles. The van der Waals surface area contributed by atoms with Crippen molar-refractivity contribution in [2.75, 3.05) is 0 Å². The van der Waals surface area contributed by atoms with Crippen LogP contribution in [0.1, 0.15) is 70.1 Å². The molecule has 0 heteroatoms. The van der Waals surface area contributed by atoms with E-state index in [4.69, 9.17) is 0 Å². The van der Waals surface area contributed by atoms with Crippen LogP contribution in [0.2, 0.25) is 0 Å². The quantitative estimate of drug-likeness (QED) is 0.531. The minimum atomic E-state index is 0.216. The average molecular weight is 321 g/mol. The van der Waals surface area contributed by atoms with E-state index in [9.17, 15) is 0 Å². The van der Waals surface area contributed by atoms with Crippen LogP contribution in [0.25, 0.3) is 11.1 Å². The molecule has 2 aromatic rings. The summed E-state index contributed by atoms with van der Waals surface area (Å²) in [6.07, 6.45) is 5.12. The highest BCUT2D eigenvalue weighted by atomic mass is 14.4. The van der Waals surface area contributed by atoms with Crippen LogP contribution in [0.15, 0.2) is 42.5 Å². The Morgan fingerprint density at radius 3 is 1.96 bits per heavy atom. The SMILES string of the molecule is Cc1ccc2c(c1)-c1ccccc1C2(CCC(C)C)CCC(C)C. The Hall–Kier alpha value is -1.56. The van der Waals surface area contributed by atoms with Crippen LogP contribution >= 0.6 is 0 Å². The lowest BCUT2D eigenvalue weighted by atomic mass is 9.69. The van der Waals surface area contributed by atoms with Crippen molar-refractivity contribution in [2.45, 2.75) is 65.7 Å². The molecule has 0 nitrogen and oxygen atoms in total. The van der Waals surface area contributed by atoms with Crippen LogP contribution in [0.5, 0.6) is 0 Å². The van der Waals surface area contributed by atoms with E-state index in [0.29, 0.717) is 0 Å². The van der Waals surface area contributed by atoms with Crippen LogP contribution < -0.4 is 0 Å². The van der Waals surface area contributed by atoms with Crippen molar-refractivity contribution in [3.63, 3.8) is 0 Å². The molecule has 0 fully saturated rings. The third-order valence-electron chi connectivity index (χ3n) is 5.72. The summed E-state index contributed by atoms with van der Waals surface area (Å²) in [6, 6.07) is 16.3. The lowest BCUT2D eigenvalue weighted by molar-refractivity contribution is 0.364. The van der Waals surface area contributed by atoms with Gasteiger partial charge in [0.25, 0.3) is 0 Å². The van der Waals surface area contributed by atoms with Crippen LogP contribution in [0, 0.1) is 18.8 Å². The Balaban J connectivity index is 2.15. The molecule has 0 saturated heterocycles. The lowest BCUT2D eigenvalue weighted by Crippen LogP contribution is -2.26. The zero-order chi connectivity index (χ0) is 17.3. The molecule has 0 radical (unpaired) electrons. The Morgan fingerprint density at radius 2 is 1.33 bits per heavy atom. The van der Waals surface area contributed by atoms with Crippen LogP contribution in [0.4, 0.5) is 0 Å². The topological polar surface area (TPSA) is 0 Å². The first-order valence-corrected chi connectivity index (χ1v) is 9.65. The maximum Gasteiger partial charge on any atom is 0.0215 e. The number of fused-ring (bicyclic) bond motifs is 3. The summed E-state index contributed by atoms with van der Waals surface area (Å²) >= 11 is 0. The van der Waals surface area contributed by atoms with Gasteiger partial charge in [0, 0.05) is 5.41 Å². The molecule has 1 aliphatic rings. The van der Waals surface area contributed by atoms with Gasteiger partial charge in [0.05, 0.1) is 0 Å². The van der Waals surface area contributed by atoms with E-state index in [1.807, 2.05) is 0 Å². The standard InChI is InChI=1S/C24H32/c1-17(2)12-14-24(15-13-18(3)4)22-9-7-6-8-20(22)21-16-19(5)10-11-23(21)24/h6-11,16-18H,12-15H2,1-5H3. The molecule has 3 rings (SSSR count). The number of hydrogen-bond donors (Lipinski definition) is 0. The predicted octanol–water partition coefficient (Wildman–Crippen LogP) is 7.13. The van der Waals surface area contributed by atoms with Crippen molar-refractivity contribution in [1.82, 2.24) is 0 Å². The Labute approximate surface area is 148 Å². The summed E-state index contributed by atoms with van der Waals surface area (Å²) in [5.41, 5.74) is 7.70. The minimum absolute atomic E-state index is 0.216. The predicted molar refractivity (Wildman–Crippen MR) is 106 cm³/mol. The second kappa shape index (κ2) is 6.75. The van der Waals surface area contributed by atoms with Crippen LogP contribution in [-0.2, 0) is 5.41 Å². The van der Waals surface area contributed by atoms with E-state index >= 15 is 0 Å². The summed E-state index contributed by atoms with van der Waals surface area (Å²) in [5.74, 6) is 1.50. The molecule has 0 spiro atoms. The van der Waals surface area contributed by atoms with E-state index in [1.165, 1.54) is 42.4 Å². The number of aryl methyl sites for hydroxylation is 1. The molecule has 0 bridgehead atoms. The van der Waals surface area contributed by atoms with Gasteiger partial charge in [-0.1, -0.05) is 75.7 Å². The fraction of sp³-hybridized carbons (Fsp3) is 0.500. The highest BCUT2D eigenvalue weighted by molar-refractivity contribution is 5.81. The maximum absolute atomic E-state index is 2.42. The van der Waals surface area contributed by atoms with Crippen LogP contribution in [-0.4, -0.2) is 0 Å². The monoisotopic (exact) mass is 320 g/mol. The van der Waals surface area contributed by atoms with Crippen molar-refractivity contribution in [3.8, 4) is 11.1 Å². The fourth-order valence-electron chi connectivity index (χ4n) is 4.31. The first-order chi connectivity index (χ1) is 11.4. The van der Waals surface area contributed by atoms with Gasteiger partial charge in [-0.3, -0.25) is 0 Å². The van der Waals surface area contributed by atoms with Gasteiger partial charge in [-0.25, -0.2) is 0 Å². The second-order valence-corrected chi connectivity index (χ2v) is 8.54. The lowest BCUT2D eigenvalue weighted by Gasteiger charge is -2.34. The second-order valence-electron chi connectivity index (χ2n) is 8.54. The molecule has 0 saturated carbocycles. The Bertz CT molecular complexity index is 694. The third-order valence-corrected chi connectivity index (χ3v) is 5.72. The van der Waals surface area contributed by atoms with Gasteiger partial charge in [0.2, 0.25) is 0 Å². The summed E-state index contributed by atoms with van der Waals surface area (Å²) in [7, 11) is 0. The molecule has 1 aliphatic carbocycles. The van der Waals surface area contributed by atoms with E-state index in [-0.39, 0.29) is 5.41 Å². The van der Waals surface area contributed by atoms with Gasteiger partial charge in [0.15, 0.2) is 0 Å². The highest BCUT2D eigenvalue weighted by Crippen LogP contribution is 2.54. The first kappa shape index (κ1) is 17.3. The minimum Gasteiger partial charge on any atom is -0.0628 e. The molecule has 0 N–H and O–H groups in total. The molecule has 0 aromatic heterocycles. The number of benzene rings is 2. The molecule has 24 heavy (non-hydrogen) atoms. The highest BCUT2D eigenvalue weighted by Gasteiger charge is 2.42. The van der Waals surface area contributed by atoms with Crippen molar-refractivity contribution in [1.29, 1.82) is 0 Å². The van der Waals surface area contributed by atoms with E-state index < -0.39 is 0 Å². The first-order valence-electron chi connectivity index (χ1n) is 9.65. The molecule has 0 atom stereocenters. The molecular formula is C24H32. The molecule has 0 amide bonds. The zero-order valence-electron chi connectivity index (χ0n) is 16.0. The van der Waals surface area contributed by atoms with Crippen molar-refractivity contribution < 1.29 is 0 Å². The molecule has 2 aromatic carbocycles. The smallest absolute Gasteiger partial charge is 0.0215 e. The van der Waals surface area contributed by atoms with E-state index in [2.05, 4.69) is 77.1 Å². The van der Waals surface area contributed by atoms with Gasteiger partial charge >= 0.3 is 0 Å². The van der Waals surface area contributed by atoms with E-state index in [0.717, 1.165) is 11.8 Å². The van der Waals surface area contributed by atoms with Crippen LogP contribution in [0.3, 0.4) is 0 Å². The molecule has 0 aliphatic heterocycles. The molecular weight excluding hydrogens is 288 g/mol. The Morgan fingerprint density at radius 1 is 0.750 bits per heavy atom. The number of hydrogen-bond acceptors (Lipinski definition) is 0. The fourth-order valence-corrected chi connectivity index (χ4v) is 4.31. The van der Waals surface area contributed by atoms with Crippen molar-refractivity contribution in [3.05, 3.63) is 59.2 Å². The molecule has 0 unspecified atom stereocenters. The van der Waals surface area contributed by atoms with Gasteiger partial charge in [-0.05, 0) is 66.7 Å².